The Kier molecular flexibility index (Phi) is 6.96. The second-order valence-electron chi connectivity index (χ2n) is 5.40. The number of carbonyl (C=O) groups is 1. The first kappa shape index (κ1) is 18.9. The normalized spacial score (nSPS) is 14.8. The molecule has 0 atom stereocenters. The van der Waals surface area contributed by atoms with Crippen LogP contribution in [0.4, 0.5) is 5.69 Å². The number of nitro benzene ring substituents is 1. The van der Waals surface area contributed by atoms with Gasteiger partial charge in [-0.25, -0.2) is 4.79 Å². The highest BCUT2D eigenvalue weighted by atomic mass is 16.6. The van der Waals surface area contributed by atoms with Crippen molar-refractivity contribution in [2.45, 2.75) is 6.42 Å². The van der Waals surface area contributed by atoms with Crippen LogP contribution >= 0.6 is 0 Å². The second-order valence-corrected chi connectivity index (χ2v) is 5.40. The van der Waals surface area contributed by atoms with Gasteiger partial charge in [0, 0.05) is 19.6 Å². The molecule has 1 fully saturated rings. The molecular weight excluding hydrogens is 332 g/mol. The third-order valence-electron chi connectivity index (χ3n) is 3.87. The maximum atomic E-state index is 11.8. The fourth-order valence-corrected chi connectivity index (χ4v) is 2.60. The van der Waals surface area contributed by atoms with Gasteiger partial charge in [-0.3, -0.25) is 15.0 Å². The standard InChI is InChI=1S/C16H22N2O7/c1-22-13-5-4-12(16(19)23-2)14(18(20)21)15(13)25-9-3-6-17-7-10-24-11-8-17/h4-5H,3,6-11H2,1-2H3. The topological polar surface area (TPSA) is 100 Å². The van der Waals surface area contributed by atoms with Crippen LogP contribution in [0, 0.1) is 10.1 Å². The molecule has 1 aliphatic heterocycles. The van der Waals surface area contributed by atoms with Crippen molar-refractivity contribution in [1.82, 2.24) is 4.90 Å². The average Bonchev–Trinajstić information content (AvgIpc) is 2.64. The van der Waals surface area contributed by atoms with Crippen LogP contribution in [0.1, 0.15) is 16.8 Å². The van der Waals surface area contributed by atoms with Crippen molar-refractivity contribution < 1.29 is 28.7 Å². The van der Waals surface area contributed by atoms with E-state index in [1.165, 1.54) is 26.4 Å². The van der Waals surface area contributed by atoms with Gasteiger partial charge in [0.1, 0.15) is 5.56 Å². The van der Waals surface area contributed by atoms with Gasteiger partial charge in [-0.2, -0.15) is 0 Å². The van der Waals surface area contributed by atoms with E-state index in [0.29, 0.717) is 19.6 Å². The molecule has 0 N–H and O–H groups in total. The summed E-state index contributed by atoms with van der Waals surface area (Å²) in [7, 11) is 2.55. The maximum Gasteiger partial charge on any atom is 0.345 e. The number of nitrogens with zero attached hydrogens (tertiary/aromatic N) is 2. The maximum absolute atomic E-state index is 11.8. The number of esters is 1. The van der Waals surface area contributed by atoms with Gasteiger partial charge >= 0.3 is 11.7 Å². The summed E-state index contributed by atoms with van der Waals surface area (Å²) in [6.07, 6.45) is 0.683. The lowest BCUT2D eigenvalue weighted by atomic mass is 10.1. The van der Waals surface area contributed by atoms with Gasteiger partial charge in [0.25, 0.3) is 0 Å². The van der Waals surface area contributed by atoms with Crippen molar-refractivity contribution in [3.8, 4) is 11.5 Å². The largest absolute Gasteiger partial charge is 0.493 e. The van der Waals surface area contributed by atoms with E-state index >= 15 is 0 Å². The van der Waals surface area contributed by atoms with Gasteiger partial charge < -0.3 is 18.9 Å². The van der Waals surface area contributed by atoms with Crippen LogP contribution < -0.4 is 9.47 Å². The number of nitro groups is 1. The molecule has 0 aromatic heterocycles. The van der Waals surface area contributed by atoms with Gasteiger partial charge in [-0.05, 0) is 18.6 Å². The van der Waals surface area contributed by atoms with Gasteiger partial charge in [-0.15, -0.1) is 0 Å². The first-order valence-electron chi connectivity index (χ1n) is 7.95. The molecule has 1 aromatic carbocycles. The van der Waals surface area contributed by atoms with E-state index in [1.54, 1.807) is 0 Å². The van der Waals surface area contributed by atoms with E-state index in [1.807, 2.05) is 0 Å². The highest BCUT2D eigenvalue weighted by Crippen LogP contribution is 2.40. The molecule has 1 heterocycles. The minimum Gasteiger partial charge on any atom is -0.493 e. The fourth-order valence-electron chi connectivity index (χ4n) is 2.60. The third kappa shape index (κ3) is 4.80. The Morgan fingerprint density at radius 2 is 2.04 bits per heavy atom. The highest BCUT2D eigenvalue weighted by molar-refractivity contribution is 5.95. The van der Waals surface area contributed by atoms with Crippen molar-refractivity contribution in [1.29, 1.82) is 0 Å². The van der Waals surface area contributed by atoms with Crippen LogP contribution in [0.2, 0.25) is 0 Å². The molecule has 2 rings (SSSR count). The highest BCUT2D eigenvalue weighted by Gasteiger charge is 2.30. The zero-order chi connectivity index (χ0) is 18.2. The molecule has 0 radical (unpaired) electrons. The van der Waals surface area contributed by atoms with Crippen LogP contribution in [0.25, 0.3) is 0 Å². The summed E-state index contributed by atoms with van der Waals surface area (Å²) >= 11 is 0. The zero-order valence-corrected chi connectivity index (χ0v) is 14.4. The Labute approximate surface area is 145 Å². The van der Waals surface area contributed by atoms with Crippen molar-refractivity contribution in [2.75, 3.05) is 53.7 Å². The van der Waals surface area contributed by atoms with Gasteiger partial charge in [0.05, 0.1) is 39.0 Å². The lowest BCUT2D eigenvalue weighted by Gasteiger charge is -2.26. The van der Waals surface area contributed by atoms with E-state index in [2.05, 4.69) is 9.64 Å². The van der Waals surface area contributed by atoms with E-state index in [0.717, 1.165) is 19.6 Å². The summed E-state index contributed by atoms with van der Waals surface area (Å²) in [5.74, 6) is -0.657. The summed E-state index contributed by atoms with van der Waals surface area (Å²) in [6.45, 7) is 4.21. The Balaban J connectivity index is 2.10. The first-order valence-corrected chi connectivity index (χ1v) is 7.95. The summed E-state index contributed by atoms with van der Waals surface area (Å²) in [5.41, 5.74) is -0.617. The molecule has 0 saturated carbocycles. The van der Waals surface area contributed by atoms with Crippen LogP contribution in [-0.2, 0) is 9.47 Å². The molecule has 0 aliphatic carbocycles. The summed E-state index contributed by atoms with van der Waals surface area (Å²) < 4.78 is 20.6. The molecule has 138 valence electrons. The summed E-state index contributed by atoms with van der Waals surface area (Å²) in [4.78, 5) is 24.8. The average molecular weight is 354 g/mol. The minimum absolute atomic E-state index is 0.0580. The molecule has 9 nitrogen and oxygen atoms in total. The summed E-state index contributed by atoms with van der Waals surface area (Å²) in [5, 5.41) is 11.5. The minimum atomic E-state index is -0.799. The van der Waals surface area contributed by atoms with Crippen molar-refractivity contribution in [3.05, 3.63) is 27.8 Å². The van der Waals surface area contributed by atoms with Crippen LogP contribution in [0.3, 0.4) is 0 Å². The number of rotatable bonds is 8. The molecule has 0 bridgehead atoms. The van der Waals surface area contributed by atoms with Crippen LogP contribution in [-0.4, -0.2) is 69.5 Å². The van der Waals surface area contributed by atoms with Crippen LogP contribution in [0.5, 0.6) is 11.5 Å². The predicted molar refractivity (Wildman–Crippen MR) is 88.4 cm³/mol. The number of hydrogen-bond acceptors (Lipinski definition) is 8. The second kappa shape index (κ2) is 9.19. The van der Waals surface area contributed by atoms with Crippen molar-refractivity contribution in [2.24, 2.45) is 0 Å². The molecule has 1 aliphatic rings. The monoisotopic (exact) mass is 354 g/mol. The lowest BCUT2D eigenvalue weighted by molar-refractivity contribution is -0.386. The van der Waals surface area contributed by atoms with Gasteiger partial charge in [-0.1, -0.05) is 0 Å². The number of benzene rings is 1. The molecule has 1 saturated heterocycles. The van der Waals surface area contributed by atoms with Crippen molar-refractivity contribution in [3.63, 3.8) is 0 Å². The lowest BCUT2D eigenvalue weighted by Crippen LogP contribution is -2.37. The molecular formula is C16H22N2O7. The van der Waals surface area contributed by atoms with E-state index in [4.69, 9.17) is 14.2 Å². The number of morpholine rings is 1. The number of hydrogen-bond donors (Lipinski definition) is 0. The summed E-state index contributed by atoms with van der Waals surface area (Å²) in [6, 6.07) is 2.75. The third-order valence-corrected chi connectivity index (χ3v) is 3.87. The molecule has 0 unspecified atom stereocenters. The fraction of sp³-hybridized carbons (Fsp3) is 0.562. The molecule has 0 amide bonds. The number of methoxy groups -OCH3 is 2. The number of carbonyl (C=O) groups excluding carboxylic acids is 1. The van der Waals surface area contributed by atoms with Gasteiger partial charge in [0.2, 0.25) is 5.75 Å². The molecule has 1 aromatic rings. The zero-order valence-electron chi connectivity index (χ0n) is 14.4. The smallest absolute Gasteiger partial charge is 0.345 e. The van der Waals surface area contributed by atoms with E-state index in [-0.39, 0.29) is 23.7 Å². The van der Waals surface area contributed by atoms with Crippen molar-refractivity contribution >= 4 is 11.7 Å². The molecule has 0 spiro atoms. The Hall–Kier alpha value is -2.39. The predicted octanol–water partition coefficient (Wildman–Crippen LogP) is 1.49. The Morgan fingerprint density at radius 1 is 1.32 bits per heavy atom. The quantitative estimate of drug-likeness (QED) is 0.300. The SMILES string of the molecule is COC(=O)c1ccc(OC)c(OCCCN2CCOCC2)c1[N+](=O)[O-]. The Bertz CT molecular complexity index is 615. The number of ether oxygens (including phenoxy) is 4. The van der Waals surface area contributed by atoms with E-state index in [9.17, 15) is 14.9 Å². The first-order chi connectivity index (χ1) is 12.1. The van der Waals surface area contributed by atoms with E-state index < -0.39 is 16.6 Å². The molecule has 25 heavy (non-hydrogen) atoms. The van der Waals surface area contributed by atoms with Crippen LogP contribution in [0.15, 0.2) is 12.1 Å². The molecule has 9 heteroatoms. The van der Waals surface area contributed by atoms with Gasteiger partial charge in [0.15, 0.2) is 5.75 Å². The Morgan fingerprint density at radius 3 is 2.64 bits per heavy atom.